The van der Waals surface area contributed by atoms with E-state index in [1.54, 1.807) is 0 Å². The second kappa shape index (κ2) is 8.00. The summed E-state index contributed by atoms with van der Waals surface area (Å²) in [6.07, 6.45) is 0.316. The molecule has 15 heavy (non-hydrogen) atoms. The summed E-state index contributed by atoms with van der Waals surface area (Å²) in [5.41, 5.74) is 7.50. The summed E-state index contributed by atoms with van der Waals surface area (Å²) in [5, 5.41) is 0. The molecule has 0 saturated heterocycles. The maximum absolute atomic E-state index is 9.90. The molecule has 0 aliphatic heterocycles. The van der Waals surface area contributed by atoms with E-state index in [2.05, 4.69) is 42.8 Å². The Balaban J connectivity index is 0.000000265. The number of methoxy groups -OCH3 is 1. The van der Waals surface area contributed by atoms with Gasteiger partial charge in [0.2, 0.25) is 5.91 Å². The molecule has 0 aliphatic rings. The van der Waals surface area contributed by atoms with Crippen LogP contribution in [0.4, 0.5) is 0 Å². The molecule has 0 saturated carbocycles. The van der Waals surface area contributed by atoms with Gasteiger partial charge in [-0.25, -0.2) is 0 Å². The van der Waals surface area contributed by atoms with Gasteiger partial charge in [-0.05, 0) is 25.0 Å². The maximum atomic E-state index is 9.90. The largest absolute Gasteiger partial charge is 0.384 e. The van der Waals surface area contributed by atoms with Gasteiger partial charge in [0, 0.05) is 13.5 Å². The van der Waals surface area contributed by atoms with Crippen molar-refractivity contribution in [3.63, 3.8) is 0 Å². The lowest BCUT2D eigenvalue weighted by Crippen LogP contribution is -2.12. The molecule has 1 rings (SSSR count). The van der Waals surface area contributed by atoms with E-state index >= 15 is 0 Å². The smallest absolute Gasteiger partial charge is 0.219 e. The van der Waals surface area contributed by atoms with Crippen LogP contribution < -0.4 is 5.73 Å². The van der Waals surface area contributed by atoms with E-state index in [4.69, 9.17) is 5.73 Å². The van der Waals surface area contributed by atoms with Gasteiger partial charge in [-0.3, -0.25) is 4.79 Å². The first-order valence-corrected chi connectivity index (χ1v) is 4.87. The Hall–Kier alpha value is -1.35. The predicted octanol–water partition coefficient (Wildman–Crippen LogP) is 1.81. The quantitative estimate of drug-likeness (QED) is 0.825. The van der Waals surface area contributed by atoms with Gasteiger partial charge in [0.05, 0.1) is 6.61 Å². The third kappa shape index (κ3) is 7.70. The number of aryl methyl sites for hydroxylation is 2. The molecule has 0 atom stereocenters. The van der Waals surface area contributed by atoms with E-state index in [-0.39, 0.29) is 5.91 Å². The molecule has 0 bridgehead atoms. The van der Waals surface area contributed by atoms with E-state index in [1.807, 2.05) is 0 Å². The minimum absolute atomic E-state index is 0.316. The first-order chi connectivity index (χ1) is 7.07. The Bertz CT molecular complexity index is 276. The summed E-state index contributed by atoms with van der Waals surface area (Å²) in [7, 11) is 1.53. The Morgan fingerprint density at radius 2 is 1.73 bits per heavy atom. The highest BCUT2D eigenvalue weighted by molar-refractivity contribution is 5.73. The molecule has 0 radical (unpaired) electrons. The summed E-state index contributed by atoms with van der Waals surface area (Å²) in [5.74, 6) is -0.318. The van der Waals surface area contributed by atoms with E-state index in [9.17, 15) is 4.79 Å². The molecular formula is C12H19NO2. The standard InChI is InChI=1S/C8H10.C4H9NO2/c1-7-5-3-4-6-8(7)2;1-7-3-2-4(5)6/h3-6H,1-2H3;2-3H2,1H3,(H2,5,6). The maximum Gasteiger partial charge on any atom is 0.219 e. The molecule has 1 amide bonds. The van der Waals surface area contributed by atoms with Crippen molar-refractivity contribution in [3.05, 3.63) is 35.4 Å². The molecule has 84 valence electrons. The Morgan fingerprint density at radius 3 is 1.93 bits per heavy atom. The second-order valence-electron chi connectivity index (χ2n) is 3.29. The molecular weight excluding hydrogens is 190 g/mol. The number of rotatable bonds is 3. The average Bonchev–Trinajstić information content (AvgIpc) is 2.20. The van der Waals surface area contributed by atoms with Crippen LogP contribution in [0.15, 0.2) is 24.3 Å². The van der Waals surface area contributed by atoms with Crippen LogP contribution in [0.3, 0.4) is 0 Å². The van der Waals surface area contributed by atoms with Gasteiger partial charge >= 0.3 is 0 Å². The van der Waals surface area contributed by atoms with E-state index in [0.29, 0.717) is 13.0 Å². The normalized spacial score (nSPS) is 9.00. The lowest BCUT2D eigenvalue weighted by molar-refractivity contribution is -0.118. The summed E-state index contributed by atoms with van der Waals surface area (Å²) >= 11 is 0. The number of ether oxygens (including phenoxy) is 1. The third-order valence-electron chi connectivity index (χ3n) is 1.98. The Morgan fingerprint density at radius 1 is 1.27 bits per heavy atom. The van der Waals surface area contributed by atoms with Crippen molar-refractivity contribution in [3.8, 4) is 0 Å². The van der Waals surface area contributed by atoms with Crippen LogP contribution in [-0.4, -0.2) is 19.6 Å². The van der Waals surface area contributed by atoms with Crippen LogP contribution in [0.2, 0.25) is 0 Å². The zero-order valence-electron chi connectivity index (χ0n) is 9.62. The number of carbonyl (C=O) groups is 1. The van der Waals surface area contributed by atoms with Crippen molar-refractivity contribution >= 4 is 5.91 Å². The van der Waals surface area contributed by atoms with E-state index in [1.165, 1.54) is 18.2 Å². The van der Waals surface area contributed by atoms with Gasteiger partial charge in [-0.15, -0.1) is 0 Å². The molecule has 0 spiro atoms. The van der Waals surface area contributed by atoms with Crippen molar-refractivity contribution in [2.24, 2.45) is 5.73 Å². The number of amides is 1. The fraction of sp³-hybridized carbons (Fsp3) is 0.417. The van der Waals surface area contributed by atoms with Gasteiger partial charge < -0.3 is 10.5 Å². The van der Waals surface area contributed by atoms with Gasteiger partial charge in [-0.2, -0.15) is 0 Å². The monoisotopic (exact) mass is 209 g/mol. The van der Waals surface area contributed by atoms with Crippen molar-refractivity contribution in [2.75, 3.05) is 13.7 Å². The minimum atomic E-state index is -0.318. The zero-order valence-corrected chi connectivity index (χ0v) is 9.62. The van der Waals surface area contributed by atoms with Crippen molar-refractivity contribution < 1.29 is 9.53 Å². The highest BCUT2D eigenvalue weighted by Gasteiger charge is 1.88. The van der Waals surface area contributed by atoms with Gasteiger partial charge in [0.15, 0.2) is 0 Å². The van der Waals surface area contributed by atoms with Crippen molar-refractivity contribution in [2.45, 2.75) is 20.3 Å². The van der Waals surface area contributed by atoms with Crippen LogP contribution in [-0.2, 0) is 9.53 Å². The van der Waals surface area contributed by atoms with Gasteiger partial charge in [0.1, 0.15) is 0 Å². The summed E-state index contributed by atoms with van der Waals surface area (Å²) < 4.78 is 4.55. The third-order valence-corrected chi connectivity index (χ3v) is 1.98. The molecule has 0 fully saturated rings. The molecule has 1 aromatic carbocycles. The van der Waals surface area contributed by atoms with Gasteiger partial charge in [-0.1, -0.05) is 24.3 Å². The van der Waals surface area contributed by atoms with Crippen molar-refractivity contribution in [1.82, 2.24) is 0 Å². The molecule has 3 heteroatoms. The molecule has 0 heterocycles. The minimum Gasteiger partial charge on any atom is -0.384 e. The number of carbonyl (C=O) groups excluding carboxylic acids is 1. The Kier molecular flexibility index (Phi) is 7.28. The fourth-order valence-electron chi connectivity index (χ4n) is 0.865. The number of hydrogen-bond donors (Lipinski definition) is 1. The van der Waals surface area contributed by atoms with Crippen LogP contribution in [0, 0.1) is 13.8 Å². The van der Waals surface area contributed by atoms with Gasteiger partial charge in [0.25, 0.3) is 0 Å². The molecule has 0 aliphatic carbocycles. The highest BCUT2D eigenvalue weighted by Crippen LogP contribution is 2.02. The summed E-state index contributed by atoms with van der Waals surface area (Å²) in [6.45, 7) is 4.67. The number of hydrogen-bond acceptors (Lipinski definition) is 2. The summed E-state index contributed by atoms with van der Waals surface area (Å²) in [6, 6.07) is 8.36. The fourth-order valence-corrected chi connectivity index (χ4v) is 0.865. The second-order valence-corrected chi connectivity index (χ2v) is 3.29. The average molecular weight is 209 g/mol. The predicted molar refractivity (Wildman–Crippen MR) is 61.6 cm³/mol. The number of nitrogens with two attached hydrogens (primary N) is 1. The van der Waals surface area contributed by atoms with Crippen LogP contribution in [0.25, 0.3) is 0 Å². The van der Waals surface area contributed by atoms with Crippen LogP contribution in [0.5, 0.6) is 0 Å². The SMILES string of the molecule is COCCC(N)=O.Cc1ccccc1C. The molecule has 0 unspecified atom stereocenters. The summed E-state index contributed by atoms with van der Waals surface area (Å²) in [4.78, 5) is 9.90. The van der Waals surface area contributed by atoms with Crippen LogP contribution in [0.1, 0.15) is 17.5 Å². The lowest BCUT2D eigenvalue weighted by Gasteiger charge is -1.93. The van der Waals surface area contributed by atoms with E-state index < -0.39 is 0 Å². The van der Waals surface area contributed by atoms with E-state index in [0.717, 1.165) is 0 Å². The molecule has 2 N–H and O–H groups in total. The number of primary amides is 1. The number of benzene rings is 1. The molecule has 3 nitrogen and oxygen atoms in total. The highest BCUT2D eigenvalue weighted by atomic mass is 16.5. The first-order valence-electron chi connectivity index (χ1n) is 4.87. The first kappa shape index (κ1) is 13.7. The van der Waals surface area contributed by atoms with Crippen molar-refractivity contribution in [1.29, 1.82) is 0 Å². The Labute approximate surface area is 91.2 Å². The van der Waals surface area contributed by atoms with Crippen LogP contribution >= 0.6 is 0 Å². The topological polar surface area (TPSA) is 52.3 Å². The zero-order chi connectivity index (χ0) is 11.7. The lowest BCUT2D eigenvalue weighted by atomic mass is 10.1. The molecule has 1 aromatic rings. The molecule has 0 aromatic heterocycles.